The summed E-state index contributed by atoms with van der Waals surface area (Å²) in [4.78, 5) is 0. The molecule has 1 unspecified atom stereocenters. The van der Waals surface area contributed by atoms with Gasteiger partial charge in [0.05, 0.1) is 0 Å². The van der Waals surface area contributed by atoms with Gasteiger partial charge in [0, 0.05) is 11.1 Å². The molecule has 0 amide bonds. The second-order valence-corrected chi connectivity index (χ2v) is 5.24. The Labute approximate surface area is 118 Å². The minimum atomic E-state index is -0.285. The van der Waals surface area contributed by atoms with E-state index in [0.717, 1.165) is 11.1 Å². The first kappa shape index (κ1) is 14.0. The topological polar surface area (TPSA) is 26.0 Å². The summed E-state index contributed by atoms with van der Waals surface area (Å²) in [7, 11) is 0. The summed E-state index contributed by atoms with van der Waals surface area (Å²) in [6, 6.07) is 10.3. The lowest BCUT2D eigenvalue weighted by Crippen LogP contribution is -2.15. The van der Waals surface area contributed by atoms with Crippen LogP contribution in [0.15, 0.2) is 36.4 Å². The van der Waals surface area contributed by atoms with Crippen molar-refractivity contribution in [2.45, 2.75) is 26.3 Å². The fourth-order valence-electron chi connectivity index (χ4n) is 2.22. The van der Waals surface area contributed by atoms with Gasteiger partial charge in [-0.3, -0.25) is 0 Å². The van der Waals surface area contributed by atoms with Gasteiger partial charge in [0.15, 0.2) is 0 Å². The summed E-state index contributed by atoms with van der Waals surface area (Å²) in [5.74, 6) is -0.285. The number of nitrogens with two attached hydrogens (primary N) is 1. The lowest BCUT2D eigenvalue weighted by molar-refractivity contribution is 0.622. The van der Waals surface area contributed by atoms with E-state index in [0.29, 0.717) is 11.4 Å². The van der Waals surface area contributed by atoms with Crippen LogP contribution < -0.4 is 5.73 Å². The van der Waals surface area contributed by atoms with Crippen molar-refractivity contribution in [3.05, 3.63) is 69.5 Å². The maximum Gasteiger partial charge on any atom is 0.123 e. The van der Waals surface area contributed by atoms with E-state index >= 15 is 0 Å². The predicted molar refractivity (Wildman–Crippen MR) is 78.0 cm³/mol. The van der Waals surface area contributed by atoms with Gasteiger partial charge in [0.2, 0.25) is 0 Å². The first-order valence-corrected chi connectivity index (χ1v) is 6.62. The molecule has 2 rings (SSSR count). The molecule has 0 aliphatic heterocycles. The molecule has 0 aliphatic rings. The van der Waals surface area contributed by atoms with Crippen LogP contribution in [0.5, 0.6) is 0 Å². The van der Waals surface area contributed by atoms with Crippen LogP contribution in [0.1, 0.15) is 28.3 Å². The second kappa shape index (κ2) is 5.72. The monoisotopic (exact) mass is 277 g/mol. The average Bonchev–Trinajstić information content (AvgIpc) is 2.37. The van der Waals surface area contributed by atoms with Gasteiger partial charge in [0.1, 0.15) is 5.82 Å². The lowest BCUT2D eigenvalue weighted by Gasteiger charge is -2.17. The van der Waals surface area contributed by atoms with Crippen LogP contribution in [-0.2, 0) is 6.42 Å². The van der Waals surface area contributed by atoms with Gasteiger partial charge < -0.3 is 5.73 Å². The summed E-state index contributed by atoms with van der Waals surface area (Å²) in [5.41, 5.74) is 10.5. The van der Waals surface area contributed by atoms with E-state index < -0.39 is 0 Å². The third kappa shape index (κ3) is 3.14. The van der Waals surface area contributed by atoms with E-state index in [9.17, 15) is 4.39 Å². The molecular weight excluding hydrogens is 261 g/mol. The minimum Gasteiger partial charge on any atom is -0.324 e. The normalized spacial score (nSPS) is 12.5. The second-order valence-electron chi connectivity index (χ2n) is 4.84. The Morgan fingerprint density at radius 1 is 1.21 bits per heavy atom. The zero-order valence-corrected chi connectivity index (χ0v) is 11.8. The van der Waals surface area contributed by atoms with Crippen molar-refractivity contribution in [1.29, 1.82) is 0 Å². The molecular formula is C16H17ClFN. The fourth-order valence-corrected chi connectivity index (χ4v) is 2.42. The first-order valence-electron chi connectivity index (χ1n) is 6.24. The van der Waals surface area contributed by atoms with Crippen LogP contribution in [0.3, 0.4) is 0 Å². The Morgan fingerprint density at radius 3 is 2.68 bits per heavy atom. The van der Waals surface area contributed by atoms with Crippen molar-refractivity contribution in [2.75, 3.05) is 0 Å². The summed E-state index contributed by atoms with van der Waals surface area (Å²) in [5, 5.41) is 0.558. The molecule has 0 spiro atoms. The third-order valence-electron chi connectivity index (χ3n) is 3.49. The number of halogens is 2. The first-order chi connectivity index (χ1) is 8.99. The number of benzene rings is 2. The van der Waals surface area contributed by atoms with Gasteiger partial charge in [-0.05, 0) is 60.7 Å². The zero-order valence-electron chi connectivity index (χ0n) is 11.1. The van der Waals surface area contributed by atoms with E-state index in [4.69, 9.17) is 17.3 Å². The molecule has 100 valence electrons. The Hall–Kier alpha value is -1.38. The van der Waals surface area contributed by atoms with Gasteiger partial charge in [-0.15, -0.1) is 0 Å². The largest absolute Gasteiger partial charge is 0.324 e. The highest BCUT2D eigenvalue weighted by atomic mass is 35.5. The van der Waals surface area contributed by atoms with Gasteiger partial charge in [0.25, 0.3) is 0 Å². The van der Waals surface area contributed by atoms with E-state index in [2.05, 4.69) is 19.9 Å². The van der Waals surface area contributed by atoms with Crippen LogP contribution in [0.4, 0.5) is 4.39 Å². The van der Waals surface area contributed by atoms with Gasteiger partial charge in [-0.25, -0.2) is 4.39 Å². The summed E-state index contributed by atoms with van der Waals surface area (Å²) in [6.45, 7) is 4.11. The zero-order chi connectivity index (χ0) is 14.0. The molecule has 0 aromatic heterocycles. The number of hydrogen-bond acceptors (Lipinski definition) is 1. The molecule has 0 heterocycles. The van der Waals surface area contributed by atoms with Crippen molar-refractivity contribution in [3.8, 4) is 0 Å². The molecule has 0 fully saturated rings. The van der Waals surface area contributed by atoms with Crippen molar-refractivity contribution < 1.29 is 4.39 Å². The van der Waals surface area contributed by atoms with Crippen LogP contribution in [0, 0.1) is 19.7 Å². The molecule has 0 aliphatic carbocycles. The molecule has 19 heavy (non-hydrogen) atoms. The van der Waals surface area contributed by atoms with Crippen molar-refractivity contribution >= 4 is 11.6 Å². The number of rotatable bonds is 3. The van der Waals surface area contributed by atoms with Crippen LogP contribution in [-0.4, -0.2) is 0 Å². The summed E-state index contributed by atoms with van der Waals surface area (Å²) < 4.78 is 13.2. The van der Waals surface area contributed by atoms with Gasteiger partial charge in [-0.2, -0.15) is 0 Å². The SMILES string of the molecule is Cc1cccc(C(N)Cc2cc(F)ccc2Cl)c1C. The molecule has 2 aromatic carbocycles. The number of aryl methyl sites for hydroxylation is 1. The van der Waals surface area contributed by atoms with E-state index in [1.54, 1.807) is 6.07 Å². The van der Waals surface area contributed by atoms with E-state index in [-0.39, 0.29) is 11.9 Å². The molecule has 0 saturated heterocycles. The molecule has 0 bridgehead atoms. The van der Waals surface area contributed by atoms with Crippen molar-refractivity contribution in [2.24, 2.45) is 5.73 Å². The Kier molecular flexibility index (Phi) is 4.23. The maximum atomic E-state index is 13.2. The van der Waals surface area contributed by atoms with Crippen molar-refractivity contribution in [1.82, 2.24) is 0 Å². The van der Waals surface area contributed by atoms with E-state index in [1.807, 2.05) is 12.1 Å². The summed E-state index contributed by atoms with van der Waals surface area (Å²) >= 11 is 6.08. The van der Waals surface area contributed by atoms with Crippen LogP contribution >= 0.6 is 11.6 Å². The highest BCUT2D eigenvalue weighted by molar-refractivity contribution is 6.31. The third-order valence-corrected chi connectivity index (χ3v) is 3.86. The molecule has 2 aromatic rings. The van der Waals surface area contributed by atoms with Crippen LogP contribution in [0.25, 0.3) is 0 Å². The molecule has 1 atom stereocenters. The Balaban J connectivity index is 2.28. The predicted octanol–water partition coefficient (Wildman–Crippen LogP) is 4.34. The molecule has 2 N–H and O–H groups in total. The maximum absolute atomic E-state index is 13.2. The quantitative estimate of drug-likeness (QED) is 0.887. The highest BCUT2D eigenvalue weighted by Crippen LogP contribution is 2.25. The average molecular weight is 278 g/mol. The fraction of sp³-hybridized carbons (Fsp3) is 0.250. The molecule has 0 saturated carbocycles. The van der Waals surface area contributed by atoms with Gasteiger partial charge in [-0.1, -0.05) is 29.8 Å². The molecule has 1 nitrogen and oxygen atoms in total. The highest BCUT2D eigenvalue weighted by Gasteiger charge is 2.13. The standard InChI is InChI=1S/C16H17ClFN/c1-10-4-3-5-14(11(10)2)16(19)9-12-8-13(18)6-7-15(12)17/h3-8,16H,9,19H2,1-2H3. The smallest absolute Gasteiger partial charge is 0.123 e. The summed E-state index contributed by atoms with van der Waals surface area (Å²) in [6.07, 6.45) is 0.529. The van der Waals surface area contributed by atoms with Crippen LogP contribution in [0.2, 0.25) is 5.02 Å². The molecule has 3 heteroatoms. The molecule has 0 radical (unpaired) electrons. The minimum absolute atomic E-state index is 0.181. The van der Waals surface area contributed by atoms with Gasteiger partial charge >= 0.3 is 0 Å². The van der Waals surface area contributed by atoms with E-state index in [1.165, 1.54) is 23.3 Å². The van der Waals surface area contributed by atoms with Crippen molar-refractivity contribution in [3.63, 3.8) is 0 Å². The Morgan fingerprint density at radius 2 is 1.95 bits per heavy atom. The lowest BCUT2D eigenvalue weighted by atomic mass is 9.94. The Bertz CT molecular complexity index is 595. The number of hydrogen-bond donors (Lipinski definition) is 1.